The zero-order valence-electron chi connectivity index (χ0n) is 16.6. The number of fused-ring (bicyclic) bond motifs is 1. The highest BCUT2D eigenvalue weighted by atomic mass is 19.2. The van der Waals surface area contributed by atoms with Gasteiger partial charge in [0.05, 0.1) is 6.04 Å². The Bertz CT molecular complexity index is 1060. The summed E-state index contributed by atoms with van der Waals surface area (Å²) in [6.45, 7) is 0. The molecular formula is C24H24F2N2O2. The lowest BCUT2D eigenvalue weighted by atomic mass is 9.95. The average Bonchev–Trinajstić information content (AvgIpc) is 3.27. The zero-order chi connectivity index (χ0) is 21.1. The maximum atomic E-state index is 13.9. The Balaban J connectivity index is 1.65. The molecule has 30 heavy (non-hydrogen) atoms. The monoisotopic (exact) mass is 410 g/mol. The van der Waals surface area contributed by atoms with Crippen LogP contribution in [0.1, 0.15) is 55.7 Å². The van der Waals surface area contributed by atoms with Crippen LogP contribution in [0, 0.1) is 17.6 Å². The van der Waals surface area contributed by atoms with Gasteiger partial charge in [-0.2, -0.15) is 0 Å². The fourth-order valence-electron chi connectivity index (χ4n) is 4.28. The molecule has 156 valence electrons. The van der Waals surface area contributed by atoms with Gasteiger partial charge < -0.3 is 10.4 Å². The van der Waals surface area contributed by atoms with E-state index in [9.17, 15) is 18.7 Å². The molecule has 1 fully saturated rings. The Morgan fingerprint density at radius 2 is 1.93 bits per heavy atom. The second-order valence-electron chi connectivity index (χ2n) is 7.94. The third kappa shape index (κ3) is 4.27. The molecule has 2 aromatic carbocycles. The summed E-state index contributed by atoms with van der Waals surface area (Å²) in [7, 11) is 0. The van der Waals surface area contributed by atoms with E-state index >= 15 is 0 Å². The molecule has 1 amide bonds. The minimum absolute atomic E-state index is 0.0843. The normalized spacial score (nSPS) is 15.4. The Labute approximate surface area is 174 Å². The van der Waals surface area contributed by atoms with Crippen molar-refractivity contribution in [3.05, 3.63) is 71.4 Å². The van der Waals surface area contributed by atoms with Crippen LogP contribution in [0.5, 0.6) is 5.75 Å². The molecule has 1 aliphatic rings. The number of phenolic OH excluding ortho intramolecular Hbond substituents is 1. The van der Waals surface area contributed by atoms with E-state index in [1.165, 1.54) is 18.9 Å². The van der Waals surface area contributed by atoms with Gasteiger partial charge in [-0.3, -0.25) is 9.78 Å². The SMILES string of the molecule is O=C(CCC1CCCC1)NC(c1ccc(F)c(F)c1)c1ccc2cccnc2c1O. The van der Waals surface area contributed by atoms with Crippen molar-refractivity contribution in [2.45, 2.75) is 44.6 Å². The first-order chi connectivity index (χ1) is 14.5. The van der Waals surface area contributed by atoms with Gasteiger partial charge in [-0.1, -0.05) is 49.9 Å². The van der Waals surface area contributed by atoms with Gasteiger partial charge in [-0.25, -0.2) is 8.78 Å². The average molecular weight is 410 g/mol. The van der Waals surface area contributed by atoms with Crippen molar-refractivity contribution >= 4 is 16.8 Å². The van der Waals surface area contributed by atoms with Crippen molar-refractivity contribution < 1.29 is 18.7 Å². The molecule has 1 aliphatic carbocycles. The lowest BCUT2D eigenvalue weighted by Gasteiger charge is -2.22. The Hall–Kier alpha value is -3.02. The van der Waals surface area contributed by atoms with Gasteiger partial charge >= 0.3 is 0 Å². The van der Waals surface area contributed by atoms with Crippen LogP contribution in [-0.4, -0.2) is 16.0 Å². The number of nitrogens with zero attached hydrogens (tertiary/aromatic N) is 1. The zero-order valence-corrected chi connectivity index (χ0v) is 16.6. The molecule has 3 aromatic rings. The molecule has 1 aromatic heterocycles. The number of rotatable bonds is 6. The first kappa shape index (κ1) is 20.3. The van der Waals surface area contributed by atoms with Crippen LogP contribution in [0.15, 0.2) is 48.7 Å². The largest absolute Gasteiger partial charge is 0.505 e. The van der Waals surface area contributed by atoms with Crippen LogP contribution in [0.25, 0.3) is 10.9 Å². The van der Waals surface area contributed by atoms with E-state index in [0.29, 0.717) is 29.0 Å². The maximum absolute atomic E-state index is 13.9. The summed E-state index contributed by atoms with van der Waals surface area (Å²) in [5, 5.41) is 14.5. The highest BCUT2D eigenvalue weighted by molar-refractivity contribution is 5.86. The predicted molar refractivity (Wildman–Crippen MR) is 111 cm³/mol. The summed E-state index contributed by atoms with van der Waals surface area (Å²) >= 11 is 0. The minimum Gasteiger partial charge on any atom is -0.505 e. The predicted octanol–water partition coefficient (Wildman–Crippen LogP) is 5.39. The van der Waals surface area contributed by atoms with Crippen molar-refractivity contribution in [1.29, 1.82) is 0 Å². The van der Waals surface area contributed by atoms with E-state index in [2.05, 4.69) is 10.3 Å². The molecule has 4 nitrogen and oxygen atoms in total. The topological polar surface area (TPSA) is 62.2 Å². The van der Waals surface area contributed by atoms with E-state index < -0.39 is 17.7 Å². The number of carbonyl (C=O) groups is 1. The van der Waals surface area contributed by atoms with Gasteiger partial charge in [0.1, 0.15) is 11.3 Å². The van der Waals surface area contributed by atoms with Crippen molar-refractivity contribution in [3.63, 3.8) is 0 Å². The molecule has 1 atom stereocenters. The van der Waals surface area contributed by atoms with Gasteiger partial charge in [-0.05, 0) is 36.1 Å². The van der Waals surface area contributed by atoms with Gasteiger partial charge in [0, 0.05) is 23.6 Å². The van der Waals surface area contributed by atoms with Crippen LogP contribution in [0.2, 0.25) is 0 Å². The molecule has 2 N–H and O–H groups in total. The molecule has 0 aliphatic heterocycles. The molecule has 0 radical (unpaired) electrons. The van der Waals surface area contributed by atoms with E-state index in [1.807, 2.05) is 6.07 Å². The van der Waals surface area contributed by atoms with Gasteiger partial charge in [0.2, 0.25) is 5.91 Å². The third-order valence-corrected chi connectivity index (χ3v) is 5.93. The number of benzene rings is 2. The second-order valence-corrected chi connectivity index (χ2v) is 7.94. The number of hydrogen-bond acceptors (Lipinski definition) is 3. The van der Waals surface area contributed by atoms with Crippen molar-refractivity contribution in [3.8, 4) is 5.75 Å². The Morgan fingerprint density at radius 1 is 1.13 bits per heavy atom. The molecule has 0 spiro atoms. The summed E-state index contributed by atoms with van der Waals surface area (Å²) in [4.78, 5) is 16.9. The van der Waals surface area contributed by atoms with Gasteiger partial charge in [0.15, 0.2) is 11.6 Å². The van der Waals surface area contributed by atoms with Crippen molar-refractivity contribution in [1.82, 2.24) is 10.3 Å². The summed E-state index contributed by atoms with van der Waals surface area (Å²) in [6.07, 6.45) is 7.45. The summed E-state index contributed by atoms with van der Waals surface area (Å²) in [5.74, 6) is -1.67. The minimum atomic E-state index is -1.00. The lowest BCUT2D eigenvalue weighted by Crippen LogP contribution is -2.29. The van der Waals surface area contributed by atoms with E-state index in [-0.39, 0.29) is 11.7 Å². The number of phenols is 1. The molecule has 1 unspecified atom stereocenters. The fourth-order valence-corrected chi connectivity index (χ4v) is 4.28. The number of amides is 1. The molecular weight excluding hydrogens is 386 g/mol. The highest BCUT2D eigenvalue weighted by Gasteiger charge is 2.24. The number of carbonyl (C=O) groups excluding carboxylic acids is 1. The van der Waals surface area contributed by atoms with Crippen LogP contribution in [-0.2, 0) is 4.79 Å². The van der Waals surface area contributed by atoms with Crippen molar-refractivity contribution in [2.24, 2.45) is 5.92 Å². The lowest BCUT2D eigenvalue weighted by molar-refractivity contribution is -0.121. The van der Waals surface area contributed by atoms with Crippen LogP contribution < -0.4 is 5.32 Å². The highest BCUT2D eigenvalue weighted by Crippen LogP contribution is 2.35. The number of nitrogens with one attached hydrogen (secondary N) is 1. The van der Waals surface area contributed by atoms with E-state index in [1.54, 1.807) is 24.4 Å². The number of aromatic hydroxyl groups is 1. The van der Waals surface area contributed by atoms with Gasteiger partial charge in [-0.15, -0.1) is 0 Å². The van der Waals surface area contributed by atoms with E-state index in [4.69, 9.17) is 0 Å². The van der Waals surface area contributed by atoms with Crippen LogP contribution in [0.3, 0.4) is 0 Å². The number of halogens is 2. The quantitative estimate of drug-likeness (QED) is 0.572. The molecule has 1 heterocycles. The first-order valence-electron chi connectivity index (χ1n) is 10.3. The molecule has 4 rings (SSSR count). The van der Waals surface area contributed by atoms with Crippen molar-refractivity contribution in [2.75, 3.05) is 0 Å². The molecule has 1 saturated carbocycles. The maximum Gasteiger partial charge on any atom is 0.220 e. The van der Waals surface area contributed by atoms with E-state index in [0.717, 1.165) is 36.8 Å². The summed E-state index contributed by atoms with van der Waals surface area (Å²) < 4.78 is 27.4. The Morgan fingerprint density at radius 3 is 2.70 bits per heavy atom. The second kappa shape index (κ2) is 8.78. The van der Waals surface area contributed by atoms with Crippen LogP contribution in [0.4, 0.5) is 8.78 Å². The standard InChI is InChI=1S/C24H24F2N2O2/c25-19-11-9-17(14-20(19)26)22(28-21(29)12-7-15-4-1-2-5-15)18-10-8-16-6-3-13-27-23(16)24(18)30/h3,6,8-11,13-15,22,30H,1-2,4-5,7,12H2,(H,28,29). The molecule has 0 bridgehead atoms. The third-order valence-electron chi connectivity index (χ3n) is 5.93. The number of aromatic nitrogens is 1. The number of pyridine rings is 1. The number of hydrogen-bond donors (Lipinski definition) is 2. The summed E-state index contributed by atoms with van der Waals surface area (Å²) in [6, 6.07) is 9.73. The Kier molecular flexibility index (Phi) is 5.93. The summed E-state index contributed by atoms with van der Waals surface area (Å²) in [5.41, 5.74) is 1.14. The fraction of sp³-hybridized carbons (Fsp3) is 0.333. The van der Waals surface area contributed by atoms with Crippen LogP contribution >= 0.6 is 0 Å². The molecule has 6 heteroatoms. The first-order valence-corrected chi connectivity index (χ1v) is 10.3. The van der Waals surface area contributed by atoms with Gasteiger partial charge in [0.25, 0.3) is 0 Å². The molecule has 0 saturated heterocycles. The smallest absolute Gasteiger partial charge is 0.220 e.